The number of amides is 2. The Morgan fingerprint density at radius 2 is 1.76 bits per heavy atom. The van der Waals surface area contributed by atoms with Crippen molar-refractivity contribution in [3.8, 4) is 0 Å². The van der Waals surface area contributed by atoms with Crippen molar-refractivity contribution in [1.82, 2.24) is 5.32 Å². The minimum absolute atomic E-state index is 0.0637. The molecule has 0 saturated carbocycles. The number of carbonyl (C=O) groups excluding carboxylic acids is 2. The van der Waals surface area contributed by atoms with Crippen molar-refractivity contribution in [1.29, 1.82) is 0 Å². The number of nitrogens with one attached hydrogen (secondary N) is 2. The lowest BCUT2D eigenvalue weighted by molar-refractivity contribution is 0.0858. The van der Waals surface area contributed by atoms with Gasteiger partial charge in [-0.25, -0.2) is 0 Å². The van der Waals surface area contributed by atoms with E-state index in [0.29, 0.717) is 28.4 Å². The quantitative estimate of drug-likeness (QED) is 0.859. The highest BCUT2D eigenvalue weighted by molar-refractivity contribution is 6.34. The first-order valence-corrected chi connectivity index (χ1v) is 8.57. The van der Waals surface area contributed by atoms with Crippen LogP contribution in [0.15, 0.2) is 48.5 Å². The molecule has 1 aliphatic heterocycles. The highest BCUT2D eigenvalue weighted by Crippen LogP contribution is 2.20. The van der Waals surface area contributed by atoms with Crippen LogP contribution in [0.5, 0.6) is 0 Å². The van der Waals surface area contributed by atoms with Gasteiger partial charge in [0.2, 0.25) is 0 Å². The Morgan fingerprint density at radius 1 is 1.04 bits per heavy atom. The van der Waals surface area contributed by atoms with Crippen LogP contribution in [0.4, 0.5) is 5.69 Å². The molecule has 5 nitrogen and oxygen atoms in total. The average molecular weight is 359 g/mol. The molecule has 2 aromatic rings. The summed E-state index contributed by atoms with van der Waals surface area (Å²) in [4.78, 5) is 24.9. The molecule has 1 saturated heterocycles. The van der Waals surface area contributed by atoms with Gasteiger partial charge in [-0.3, -0.25) is 9.59 Å². The van der Waals surface area contributed by atoms with Crippen LogP contribution in [0.1, 0.15) is 33.6 Å². The zero-order valence-electron chi connectivity index (χ0n) is 13.6. The van der Waals surface area contributed by atoms with Crippen molar-refractivity contribution < 1.29 is 14.3 Å². The zero-order chi connectivity index (χ0) is 17.6. The highest BCUT2D eigenvalue weighted by atomic mass is 35.5. The van der Waals surface area contributed by atoms with Crippen LogP contribution in [0.25, 0.3) is 0 Å². The summed E-state index contributed by atoms with van der Waals surface area (Å²) in [5.74, 6) is -0.601. The van der Waals surface area contributed by atoms with Crippen molar-refractivity contribution in [2.24, 2.45) is 0 Å². The third kappa shape index (κ3) is 4.38. The Hall–Kier alpha value is -2.37. The normalized spacial score (nSPS) is 16.4. The molecule has 0 radical (unpaired) electrons. The molecule has 0 aromatic heterocycles. The molecular formula is C19H19ClN2O3. The van der Waals surface area contributed by atoms with Crippen LogP contribution < -0.4 is 10.6 Å². The Morgan fingerprint density at radius 3 is 2.48 bits per heavy atom. The fourth-order valence-electron chi connectivity index (χ4n) is 2.73. The summed E-state index contributed by atoms with van der Waals surface area (Å²) in [5.41, 5.74) is 1.21. The van der Waals surface area contributed by atoms with Crippen molar-refractivity contribution in [3.63, 3.8) is 0 Å². The van der Waals surface area contributed by atoms with Crippen LogP contribution in [0.3, 0.4) is 0 Å². The molecule has 1 heterocycles. The van der Waals surface area contributed by atoms with Gasteiger partial charge >= 0.3 is 0 Å². The Bertz CT molecular complexity index is 773. The van der Waals surface area contributed by atoms with E-state index in [4.69, 9.17) is 16.3 Å². The van der Waals surface area contributed by atoms with Gasteiger partial charge in [-0.1, -0.05) is 35.9 Å². The summed E-state index contributed by atoms with van der Waals surface area (Å²) in [6.45, 7) is 1.21. The first-order valence-electron chi connectivity index (χ1n) is 8.20. The lowest BCUT2D eigenvalue weighted by Gasteiger charge is -2.14. The predicted octanol–water partition coefficient (Wildman–Crippen LogP) is 3.50. The van der Waals surface area contributed by atoms with E-state index in [2.05, 4.69) is 10.6 Å². The number of halogens is 1. The Labute approximate surface area is 151 Å². The number of anilines is 1. The third-order valence-corrected chi connectivity index (χ3v) is 4.38. The minimum atomic E-state index is -0.357. The van der Waals surface area contributed by atoms with E-state index in [1.54, 1.807) is 48.5 Å². The number of hydrogen-bond donors (Lipinski definition) is 2. The summed E-state index contributed by atoms with van der Waals surface area (Å²) >= 11 is 6.06. The van der Waals surface area contributed by atoms with Crippen LogP contribution in [0, 0.1) is 0 Å². The summed E-state index contributed by atoms with van der Waals surface area (Å²) < 4.78 is 5.51. The average Bonchev–Trinajstić information content (AvgIpc) is 3.14. The fraction of sp³-hybridized carbons (Fsp3) is 0.263. The number of hydrogen-bond acceptors (Lipinski definition) is 3. The minimum Gasteiger partial charge on any atom is -0.376 e. The van der Waals surface area contributed by atoms with Crippen LogP contribution >= 0.6 is 11.6 Å². The van der Waals surface area contributed by atoms with Gasteiger partial charge in [0.05, 0.1) is 27.9 Å². The second-order valence-corrected chi connectivity index (χ2v) is 6.23. The molecule has 3 rings (SSSR count). The van der Waals surface area contributed by atoms with Gasteiger partial charge in [0.15, 0.2) is 0 Å². The van der Waals surface area contributed by atoms with E-state index in [-0.39, 0.29) is 17.9 Å². The summed E-state index contributed by atoms with van der Waals surface area (Å²) in [5, 5.41) is 5.99. The Kier molecular flexibility index (Phi) is 5.68. The van der Waals surface area contributed by atoms with Gasteiger partial charge in [-0.2, -0.15) is 0 Å². The van der Waals surface area contributed by atoms with E-state index in [1.165, 1.54) is 0 Å². The molecule has 2 N–H and O–H groups in total. The molecule has 0 unspecified atom stereocenters. The van der Waals surface area contributed by atoms with Crippen molar-refractivity contribution in [3.05, 3.63) is 64.7 Å². The number of rotatable bonds is 5. The van der Waals surface area contributed by atoms with Crippen molar-refractivity contribution >= 4 is 29.1 Å². The maximum Gasteiger partial charge on any atom is 0.257 e. The van der Waals surface area contributed by atoms with E-state index in [0.717, 1.165) is 19.4 Å². The molecule has 0 bridgehead atoms. The summed E-state index contributed by atoms with van der Waals surface area (Å²) in [7, 11) is 0. The maximum absolute atomic E-state index is 12.5. The van der Waals surface area contributed by atoms with Gasteiger partial charge in [-0.15, -0.1) is 0 Å². The summed E-state index contributed by atoms with van der Waals surface area (Å²) in [6, 6.07) is 13.7. The Balaban J connectivity index is 1.71. The topological polar surface area (TPSA) is 67.4 Å². The van der Waals surface area contributed by atoms with E-state index < -0.39 is 0 Å². The number of carbonyl (C=O) groups is 2. The first-order chi connectivity index (χ1) is 12.1. The summed E-state index contributed by atoms with van der Waals surface area (Å²) in [6.07, 6.45) is 2.03. The second kappa shape index (κ2) is 8.14. The highest BCUT2D eigenvalue weighted by Gasteiger charge is 2.19. The predicted molar refractivity (Wildman–Crippen MR) is 97.2 cm³/mol. The number of ether oxygens (including phenoxy) is 1. The molecule has 1 aliphatic rings. The molecule has 1 fully saturated rings. The number of benzene rings is 2. The molecule has 130 valence electrons. The first kappa shape index (κ1) is 17.5. The third-order valence-electron chi connectivity index (χ3n) is 4.05. The monoisotopic (exact) mass is 358 g/mol. The second-order valence-electron chi connectivity index (χ2n) is 5.82. The van der Waals surface area contributed by atoms with Crippen LogP contribution in [-0.2, 0) is 4.74 Å². The van der Waals surface area contributed by atoms with Gasteiger partial charge in [0, 0.05) is 13.2 Å². The van der Waals surface area contributed by atoms with Crippen molar-refractivity contribution in [2.75, 3.05) is 18.5 Å². The molecule has 0 aliphatic carbocycles. The fourth-order valence-corrected chi connectivity index (χ4v) is 2.95. The molecule has 25 heavy (non-hydrogen) atoms. The number of para-hydroxylation sites is 1. The molecular weight excluding hydrogens is 340 g/mol. The molecule has 0 spiro atoms. The molecule has 6 heteroatoms. The van der Waals surface area contributed by atoms with Crippen LogP contribution in [0.2, 0.25) is 5.02 Å². The molecule has 2 aromatic carbocycles. The van der Waals surface area contributed by atoms with Gasteiger partial charge < -0.3 is 15.4 Å². The van der Waals surface area contributed by atoms with E-state index >= 15 is 0 Å². The maximum atomic E-state index is 12.5. The van der Waals surface area contributed by atoms with Gasteiger partial charge in [0.25, 0.3) is 11.8 Å². The standard InChI is InChI=1S/C19H19ClN2O3/c20-16-9-3-1-7-14(16)19(24)22-17-10-4-2-8-15(17)18(23)21-12-13-6-5-11-25-13/h1-4,7-10,13H,5-6,11-12H2,(H,21,23)(H,22,24)/t13-/m1/s1. The largest absolute Gasteiger partial charge is 0.376 e. The molecule has 1 atom stereocenters. The van der Waals surface area contributed by atoms with Crippen LogP contribution in [-0.4, -0.2) is 31.1 Å². The van der Waals surface area contributed by atoms with E-state index in [9.17, 15) is 9.59 Å². The zero-order valence-corrected chi connectivity index (χ0v) is 14.4. The van der Waals surface area contributed by atoms with Crippen molar-refractivity contribution in [2.45, 2.75) is 18.9 Å². The molecule has 2 amide bonds. The SMILES string of the molecule is O=C(Nc1ccccc1C(=O)NC[C@H]1CCCO1)c1ccccc1Cl. The van der Waals surface area contributed by atoms with E-state index in [1.807, 2.05) is 0 Å². The van der Waals surface area contributed by atoms with Gasteiger partial charge in [0.1, 0.15) is 0 Å². The van der Waals surface area contributed by atoms with Gasteiger partial charge in [-0.05, 0) is 37.1 Å². The lowest BCUT2D eigenvalue weighted by Crippen LogP contribution is -2.32. The lowest BCUT2D eigenvalue weighted by atomic mass is 10.1. The smallest absolute Gasteiger partial charge is 0.257 e.